The zero-order valence-corrected chi connectivity index (χ0v) is 10.7. The highest BCUT2D eigenvalue weighted by Gasteiger charge is 2.17. The van der Waals surface area contributed by atoms with E-state index in [-0.39, 0.29) is 0 Å². The summed E-state index contributed by atoms with van der Waals surface area (Å²) in [7, 11) is 0. The second-order valence-corrected chi connectivity index (χ2v) is 4.97. The van der Waals surface area contributed by atoms with E-state index in [0.717, 1.165) is 41.9 Å². The predicted molar refractivity (Wildman–Crippen MR) is 69.6 cm³/mol. The third-order valence-corrected chi connectivity index (χ3v) is 3.38. The molecule has 6 heteroatoms. The molecule has 0 amide bonds. The lowest BCUT2D eigenvalue weighted by atomic mass is 10.2. The van der Waals surface area contributed by atoms with E-state index in [1.807, 2.05) is 12.1 Å². The molecule has 0 atom stereocenters. The van der Waals surface area contributed by atoms with E-state index in [4.69, 9.17) is 4.42 Å². The number of aromatic amines is 1. The van der Waals surface area contributed by atoms with E-state index in [0.29, 0.717) is 5.58 Å². The lowest BCUT2D eigenvalue weighted by Gasteiger charge is -2.29. The second-order valence-electron chi connectivity index (χ2n) is 4.05. The molecule has 0 spiro atoms. The van der Waals surface area contributed by atoms with Crippen molar-refractivity contribution in [2.75, 3.05) is 31.1 Å². The van der Waals surface area contributed by atoms with E-state index < -0.39 is 5.76 Å². The fourth-order valence-corrected chi connectivity index (χ4v) is 2.59. The van der Waals surface area contributed by atoms with Crippen LogP contribution in [0.2, 0.25) is 0 Å². The summed E-state index contributed by atoms with van der Waals surface area (Å²) < 4.78 is 6.15. The van der Waals surface area contributed by atoms with Crippen molar-refractivity contribution in [1.29, 1.82) is 0 Å². The van der Waals surface area contributed by atoms with Crippen LogP contribution in [0.15, 0.2) is 25.8 Å². The molecule has 0 saturated carbocycles. The van der Waals surface area contributed by atoms with E-state index in [2.05, 4.69) is 31.1 Å². The van der Waals surface area contributed by atoms with Gasteiger partial charge in [-0.2, -0.15) is 0 Å². The number of anilines is 1. The number of fused-ring (bicyclic) bond motifs is 1. The standard InChI is InChI=1S/C11H12BrN3O2/c12-7-5-8-10(17-11(16)14-8)9(6-7)15-3-1-13-2-4-15/h5-6,13H,1-4H2,(H,14,16). The Morgan fingerprint density at radius 2 is 2.06 bits per heavy atom. The number of rotatable bonds is 1. The number of benzene rings is 1. The maximum absolute atomic E-state index is 11.3. The molecular formula is C11H12BrN3O2. The third-order valence-electron chi connectivity index (χ3n) is 2.92. The maximum Gasteiger partial charge on any atom is 0.417 e. The largest absolute Gasteiger partial charge is 0.417 e. The molecule has 2 heterocycles. The Bertz CT molecular complexity index is 598. The smallest absolute Gasteiger partial charge is 0.406 e. The lowest BCUT2D eigenvalue weighted by Crippen LogP contribution is -2.43. The summed E-state index contributed by atoms with van der Waals surface area (Å²) in [6.45, 7) is 3.73. The number of aromatic nitrogens is 1. The van der Waals surface area contributed by atoms with Crippen molar-refractivity contribution >= 4 is 32.7 Å². The van der Waals surface area contributed by atoms with Crippen molar-refractivity contribution < 1.29 is 4.42 Å². The molecule has 1 aliphatic heterocycles. The van der Waals surface area contributed by atoms with Crippen molar-refractivity contribution in [3.63, 3.8) is 0 Å². The van der Waals surface area contributed by atoms with Crippen LogP contribution in [0, 0.1) is 0 Å². The van der Waals surface area contributed by atoms with Crippen LogP contribution in [0.3, 0.4) is 0 Å². The first-order valence-electron chi connectivity index (χ1n) is 5.52. The van der Waals surface area contributed by atoms with E-state index >= 15 is 0 Å². The van der Waals surface area contributed by atoms with Gasteiger partial charge in [0.25, 0.3) is 0 Å². The number of hydrogen-bond acceptors (Lipinski definition) is 4. The number of nitrogens with one attached hydrogen (secondary N) is 2. The maximum atomic E-state index is 11.3. The normalized spacial score (nSPS) is 16.6. The molecule has 2 aromatic rings. The SMILES string of the molecule is O=c1[nH]c2cc(Br)cc(N3CCNCC3)c2o1. The molecule has 1 fully saturated rings. The van der Waals surface area contributed by atoms with Crippen molar-refractivity contribution in [3.8, 4) is 0 Å². The molecule has 2 N–H and O–H groups in total. The van der Waals surface area contributed by atoms with Gasteiger partial charge >= 0.3 is 5.76 Å². The fourth-order valence-electron chi connectivity index (χ4n) is 2.15. The molecular weight excluding hydrogens is 286 g/mol. The van der Waals surface area contributed by atoms with Gasteiger partial charge in [0, 0.05) is 30.7 Å². The number of hydrogen-bond donors (Lipinski definition) is 2. The van der Waals surface area contributed by atoms with Gasteiger partial charge in [-0.25, -0.2) is 4.79 Å². The number of H-pyrrole nitrogens is 1. The van der Waals surface area contributed by atoms with Crippen molar-refractivity contribution in [3.05, 3.63) is 27.2 Å². The van der Waals surface area contributed by atoms with Crippen molar-refractivity contribution in [2.45, 2.75) is 0 Å². The Labute approximate surface area is 106 Å². The summed E-state index contributed by atoms with van der Waals surface area (Å²) in [5.74, 6) is -0.408. The molecule has 1 aromatic heterocycles. The summed E-state index contributed by atoms with van der Waals surface area (Å²) in [6, 6.07) is 3.84. The molecule has 3 rings (SSSR count). The van der Waals surface area contributed by atoms with Crippen LogP contribution in [0.1, 0.15) is 0 Å². The number of piperazine rings is 1. The van der Waals surface area contributed by atoms with E-state index in [1.165, 1.54) is 0 Å². The van der Waals surface area contributed by atoms with Gasteiger partial charge in [0.15, 0.2) is 5.58 Å². The average Bonchev–Trinajstić information content (AvgIpc) is 2.69. The van der Waals surface area contributed by atoms with Crippen LogP contribution < -0.4 is 16.0 Å². The van der Waals surface area contributed by atoms with Gasteiger partial charge < -0.3 is 14.6 Å². The van der Waals surface area contributed by atoms with Gasteiger partial charge in [-0.1, -0.05) is 15.9 Å². The van der Waals surface area contributed by atoms with Crippen LogP contribution in [0.5, 0.6) is 0 Å². The number of nitrogens with zero attached hydrogens (tertiary/aromatic N) is 1. The van der Waals surface area contributed by atoms with Crippen LogP contribution in [-0.2, 0) is 0 Å². The topological polar surface area (TPSA) is 61.3 Å². The highest BCUT2D eigenvalue weighted by Crippen LogP contribution is 2.29. The van der Waals surface area contributed by atoms with Crippen LogP contribution >= 0.6 is 15.9 Å². The Morgan fingerprint density at radius 1 is 1.29 bits per heavy atom. The van der Waals surface area contributed by atoms with Gasteiger partial charge in [-0.05, 0) is 12.1 Å². The van der Waals surface area contributed by atoms with Gasteiger partial charge in [-0.3, -0.25) is 4.98 Å². The zero-order valence-electron chi connectivity index (χ0n) is 9.12. The molecule has 0 radical (unpaired) electrons. The Balaban J connectivity index is 2.15. The summed E-state index contributed by atoms with van der Waals surface area (Å²) in [5, 5.41) is 3.30. The molecule has 1 aliphatic rings. The summed E-state index contributed by atoms with van der Waals surface area (Å²) in [4.78, 5) is 16.2. The predicted octanol–water partition coefficient (Wildman–Crippen LogP) is 1.29. The van der Waals surface area contributed by atoms with Gasteiger partial charge in [0.05, 0.1) is 11.2 Å². The second kappa shape index (κ2) is 4.19. The monoisotopic (exact) mass is 297 g/mol. The van der Waals surface area contributed by atoms with Crippen LogP contribution in [0.4, 0.5) is 5.69 Å². The molecule has 1 saturated heterocycles. The fraction of sp³-hybridized carbons (Fsp3) is 0.364. The molecule has 90 valence electrons. The Kier molecular flexibility index (Phi) is 2.68. The Morgan fingerprint density at radius 3 is 2.82 bits per heavy atom. The van der Waals surface area contributed by atoms with Gasteiger partial charge in [0.1, 0.15) is 0 Å². The lowest BCUT2D eigenvalue weighted by molar-refractivity contribution is 0.548. The Hall–Kier alpha value is -1.27. The van der Waals surface area contributed by atoms with Crippen LogP contribution in [-0.4, -0.2) is 31.2 Å². The molecule has 5 nitrogen and oxygen atoms in total. The highest BCUT2D eigenvalue weighted by atomic mass is 79.9. The number of oxazole rings is 1. The minimum Gasteiger partial charge on any atom is -0.406 e. The first-order valence-corrected chi connectivity index (χ1v) is 6.31. The number of halogens is 1. The first-order chi connectivity index (χ1) is 8.24. The first kappa shape index (κ1) is 10.9. The van der Waals surface area contributed by atoms with E-state index in [1.54, 1.807) is 0 Å². The van der Waals surface area contributed by atoms with Gasteiger partial charge in [0.2, 0.25) is 0 Å². The van der Waals surface area contributed by atoms with Crippen LogP contribution in [0.25, 0.3) is 11.1 Å². The zero-order chi connectivity index (χ0) is 11.8. The van der Waals surface area contributed by atoms with Crippen molar-refractivity contribution in [1.82, 2.24) is 10.3 Å². The quantitative estimate of drug-likeness (QED) is 0.833. The molecule has 1 aromatic carbocycles. The molecule has 0 bridgehead atoms. The van der Waals surface area contributed by atoms with Gasteiger partial charge in [-0.15, -0.1) is 0 Å². The molecule has 0 aliphatic carbocycles. The van der Waals surface area contributed by atoms with Crippen molar-refractivity contribution in [2.24, 2.45) is 0 Å². The third kappa shape index (κ3) is 1.98. The summed E-state index contributed by atoms with van der Waals surface area (Å²) in [5.41, 5.74) is 2.34. The van der Waals surface area contributed by atoms with E-state index in [9.17, 15) is 4.79 Å². The summed E-state index contributed by atoms with van der Waals surface area (Å²) >= 11 is 3.45. The molecule has 17 heavy (non-hydrogen) atoms. The minimum absolute atomic E-state index is 0.408. The minimum atomic E-state index is -0.408. The molecule has 0 unspecified atom stereocenters. The summed E-state index contributed by atoms with van der Waals surface area (Å²) in [6.07, 6.45) is 0. The highest BCUT2D eigenvalue weighted by molar-refractivity contribution is 9.10. The average molecular weight is 298 g/mol.